The van der Waals surface area contributed by atoms with E-state index in [9.17, 15) is 0 Å². The van der Waals surface area contributed by atoms with Gasteiger partial charge in [-0.3, -0.25) is 0 Å². The van der Waals surface area contributed by atoms with Gasteiger partial charge in [0.05, 0.1) is 0 Å². The summed E-state index contributed by atoms with van der Waals surface area (Å²) in [5.41, 5.74) is 9.07. The maximum atomic E-state index is 5.83. The summed E-state index contributed by atoms with van der Waals surface area (Å²) in [5.74, 6) is 0.772. The number of anilines is 1. The fraction of sp³-hybridized carbons (Fsp3) is 0.562. The monoisotopic (exact) mass is 276 g/mol. The average molecular weight is 276 g/mol. The normalized spacial score (nSPS) is 18.0. The summed E-state index contributed by atoms with van der Waals surface area (Å²) >= 11 is 5.16. The third kappa shape index (κ3) is 3.69. The van der Waals surface area contributed by atoms with Gasteiger partial charge in [-0.15, -0.1) is 0 Å². The Bertz CT molecular complexity index is 450. The van der Waals surface area contributed by atoms with Gasteiger partial charge in [0.2, 0.25) is 0 Å². The first-order valence-corrected chi connectivity index (χ1v) is 7.65. The fourth-order valence-electron chi connectivity index (χ4n) is 2.99. The SMILES string of the molecule is Cc1ccc(NC(C)C2CCCCC2)c(C(N)=S)c1. The van der Waals surface area contributed by atoms with E-state index < -0.39 is 0 Å². The van der Waals surface area contributed by atoms with E-state index in [-0.39, 0.29) is 0 Å². The van der Waals surface area contributed by atoms with Gasteiger partial charge >= 0.3 is 0 Å². The Balaban J connectivity index is 2.11. The second-order valence-corrected chi connectivity index (χ2v) is 6.18. The zero-order valence-electron chi connectivity index (χ0n) is 11.9. The van der Waals surface area contributed by atoms with Crippen LogP contribution in [0.4, 0.5) is 5.69 Å². The van der Waals surface area contributed by atoms with Crippen molar-refractivity contribution in [2.45, 2.75) is 52.0 Å². The summed E-state index contributed by atoms with van der Waals surface area (Å²) in [4.78, 5) is 0.474. The second kappa shape index (κ2) is 6.38. The Labute approximate surface area is 121 Å². The van der Waals surface area contributed by atoms with Gasteiger partial charge in [-0.05, 0) is 44.7 Å². The van der Waals surface area contributed by atoms with Gasteiger partial charge in [0, 0.05) is 17.3 Å². The van der Waals surface area contributed by atoms with Gasteiger partial charge in [0.25, 0.3) is 0 Å². The van der Waals surface area contributed by atoms with Crippen molar-refractivity contribution in [2.24, 2.45) is 11.7 Å². The van der Waals surface area contributed by atoms with E-state index in [0.717, 1.165) is 17.2 Å². The molecule has 1 aromatic carbocycles. The molecule has 0 radical (unpaired) electrons. The maximum absolute atomic E-state index is 5.83. The smallest absolute Gasteiger partial charge is 0.106 e. The largest absolute Gasteiger partial charge is 0.389 e. The van der Waals surface area contributed by atoms with E-state index in [4.69, 9.17) is 18.0 Å². The number of hydrogen-bond acceptors (Lipinski definition) is 2. The van der Waals surface area contributed by atoms with Crippen molar-refractivity contribution in [1.82, 2.24) is 0 Å². The van der Waals surface area contributed by atoms with Crippen LogP contribution >= 0.6 is 12.2 Å². The molecule has 1 saturated carbocycles. The number of rotatable bonds is 4. The van der Waals surface area contributed by atoms with E-state index in [1.807, 2.05) is 0 Å². The molecule has 0 saturated heterocycles. The van der Waals surface area contributed by atoms with Crippen LogP contribution in [-0.2, 0) is 0 Å². The third-order valence-corrected chi connectivity index (χ3v) is 4.40. The first-order valence-electron chi connectivity index (χ1n) is 7.25. The topological polar surface area (TPSA) is 38.0 Å². The molecule has 3 heteroatoms. The van der Waals surface area contributed by atoms with Gasteiger partial charge in [0.15, 0.2) is 0 Å². The van der Waals surface area contributed by atoms with E-state index in [2.05, 4.69) is 37.4 Å². The predicted molar refractivity (Wildman–Crippen MR) is 86.7 cm³/mol. The Morgan fingerprint density at radius 3 is 2.63 bits per heavy atom. The lowest BCUT2D eigenvalue weighted by atomic mass is 9.84. The molecule has 104 valence electrons. The molecule has 0 amide bonds. The van der Waals surface area contributed by atoms with E-state index in [1.165, 1.54) is 37.7 Å². The number of aryl methyl sites for hydroxylation is 1. The highest BCUT2D eigenvalue weighted by molar-refractivity contribution is 7.80. The van der Waals surface area contributed by atoms with Crippen LogP contribution in [0.25, 0.3) is 0 Å². The molecular formula is C16H24N2S. The molecule has 1 aromatic rings. The van der Waals surface area contributed by atoms with E-state index in [0.29, 0.717) is 11.0 Å². The minimum absolute atomic E-state index is 0.474. The predicted octanol–water partition coefficient (Wildman–Crippen LogP) is 4.01. The van der Waals surface area contributed by atoms with Crippen molar-refractivity contribution in [3.8, 4) is 0 Å². The van der Waals surface area contributed by atoms with Crippen LogP contribution in [0.2, 0.25) is 0 Å². The summed E-state index contributed by atoms with van der Waals surface area (Å²) in [6, 6.07) is 6.76. The van der Waals surface area contributed by atoms with Crippen molar-refractivity contribution in [3.05, 3.63) is 29.3 Å². The first kappa shape index (κ1) is 14.3. The number of nitrogens with one attached hydrogen (secondary N) is 1. The van der Waals surface area contributed by atoms with Crippen molar-refractivity contribution < 1.29 is 0 Å². The minimum atomic E-state index is 0.474. The number of benzene rings is 1. The molecule has 1 atom stereocenters. The molecule has 19 heavy (non-hydrogen) atoms. The molecule has 1 unspecified atom stereocenters. The van der Waals surface area contributed by atoms with Gasteiger partial charge < -0.3 is 11.1 Å². The average Bonchev–Trinajstić information content (AvgIpc) is 2.41. The Hall–Kier alpha value is -1.09. The van der Waals surface area contributed by atoms with Crippen molar-refractivity contribution in [2.75, 3.05) is 5.32 Å². The zero-order chi connectivity index (χ0) is 13.8. The lowest BCUT2D eigenvalue weighted by molar-refractivity contribution is 0.328. The minimum Gasteiger partial charge on any atom is -0.389 e. The molecule has 0 bridgehead atoms. The second-order valence-electron chi connectivity index (χ2n) is 5.74. The molecule has 0 heterocycles. The Morgan fingerprint density at radius 2 is 2.00 bits per heavy atom. The highest BCUT2D eigenvalue weighted by Crippen LogP contribution is 2.29. The maximum Gasteiger partial charge on any atom is 0.106 e. The number of thiocarbonyl (C=S) groups is 1. The lowest BCUT2D eigenvalue weighted by Gasteiger charge is -2.29. The molecular weight excluding hydrogens is 252 g/mol. The standard InChI is InChI=1S/C16H24N2S/c1-11-8-9-15(14(10-11)16(17)19)18-12(2)13-6-4-3-5-7-13/h8-10,12-13,18H,3-7H2,1-2H3,(H2,17,19). The van der Waals surface area contributed by atoms with Gasteiger partial charge in [-0.25, -0.2) is 0 Å². The number of nitrogens with two attached hydrogens (primary N) is 1. The zero-order valence-corrected chi connectivity index (χ0v) is 12.7. The number of hydrogen-bond donors (Lipinski definition) is 2. The van der Waals surface area contributed by atoms with Gasteiger partial charge in [-0.2, -0.15) is 0 Å². The highest BCUT2D eigenvalue weighted by atomic mass is 32.1. The third-order valence-electron chi connectivity index (χ3n) is 4.18. The van der Waals surface area contributed by atoms with Crippen LogP contribution in [0.5, 0.6) is 0 Å². The molecule has 1 aliphatic carbocycles. The molecule has 0 aromatic heterocycles. The molecule has 0 aliphatic heterocycles. The highest BCUT2D eigenvalue weighted by Gasteiger charge is 2.20. The Kier molecular flexibility index (Phi) is 4.81. The van der Waals surface area contributed by atoms with Crippen LogP contribution in [0.1, 0.15) is 50.2 Å². The van der Waals surface area contributed by atoms with Crippen molar-refractivity contribution in [1.29, 1.82) is 0 Å². The van der Waals surface area contributed by atoms with Crippen LogP contribution in [0.15, 0.2) is 18.2 Å². The van der Waals surface area contributed by atoms with E-state index >= 15 is 0 Å². The summed E-state index contributed by atoms with van der Waals surface area (Å²) in [7, 11) is 0. The quantitative estimate of drug-likeness (QED) is 0.816. The van der Waals surface area contributed by atoms with Crippen molar-refractivity contribution >= 4 is 22.9 Å². The van der Waals surface area contributed by atoms with Crippen LogP contribution in [-0.4, -0.2) is 11.0 Å². The molecule has 1 fully saturated rings. The summed E-state index contributed by atoms with van der Waals surface area (Å²) in [5, 5.41) is 3.62. The molecule has 0 spiro atoms. The van der Waals surface area contributed by atoms with Crippen LogP contribution in [0.3, 0.4) is 0 Å². The van der Waals surface area contributed by atoms with Gasteiger partial charge in [-0.1, -0.05) is 43.1 Å². The molecule has 3 N–H and O–H groups in total. The van der Waals surface area contributed by atoms with Crippen LogP contribution < -0.4 is 11.1 Å². The summed E-state index contributed by atoms with van der Waals surface area (Å²) < 4.78 is 0. The molecule has 2 rings (SSSR count). The van der Waals surface area contributed by atoms with Crippen molar-refractivity contribution in [3.63, 3.8) is 0 Å². The first-order chi connectivity index (χ1) is 9.08. The van der Waals surface area contributed by atoms with E-state index in [1.54, 1.807) is 0 Å². The van der Waals surface area contributed by atoms with Gasteiger partial charge in [0.1, 0.15) is 4.99 Å². The van der Waals surface area contributed by atoms with Crippen LogP contribution in [0, 0.1) is 12.8 Å². The Morgan fingerprint density at radius 1 is 1.32 bits per heavy atom. The summed E-state index contributed by atoms with van der Waals surface area (Å²) in [6.07, 6.45) is 6.80. The molecule has 1 aliphatic rings. The summed E-state index contributed by atoms with van der Waals surface area (Å²) in [6.45, 7) is 4.34. The molecule has 2 nitrogen and oxygen atoms in total. The fourth-order valence-corrected chi connectivity index (χ4v) is 3.15. The lowest BCUT2D eigenvalue weighted by Crippen LogP contribution is -2.28.